The molecule has 1 amide bonds. The molecule has 1 aromatic heterocycles. The van der Waals surface area contributed by atoms with Crippen molar-refractivity contribution >= 4 is 16.8 Å². The Balaban J connectivity index is 1.29. The van der Waals surface area contributed by atoms with Crippen LogP contribution in [0.5, 0.6) is 5.75 Å². The maximum Gasteiger partial charge on any atom is 0.224 e. The van der Waals surface area contributed by atoms with Gasteiger partial charge in [0.25, 0.3) is 0 Å². The molecule has 0 saturated carbocycles. The van der Waals surface area contributed by atoms with Crippen LogP contribution in [0.3, 0.4) is 0 Å². The summed E-state index contributed by atoms with van der Waals surface area (Å²) in [5.74, 6) is 0.792. The fraction of sp³-hybridized carbons (Fsp3) is 0.290. The number of hydrogen-bond donors (Lipinski definition) is 1. The van der Waals surface area contributed by atoms with Crippen molar-refractivity contribution in [3.63, 3.8) is 0 Å². The molecule has 1 N–H and O–H groups in total. The van der Waals surface area contributed by atoms with Crippen molar-refractivity contribution in [2.24, 2.45) is 0 Å². The first-order chi connectivity index (χ1) is 18.1. The number of likely N-dealkylation sites (tertiary alicyclic amines) is 1. The number of amides is 1. The van der Waals surface area contributed by atoms with Crippen LogP contribution in [0.1, 0.15) is 35.6 Å². The molecule has 2 atom stereocenters. The summed E-state index contributed by atoms with van der Waals surface area (Å²) in [4.78, 5) is 21.9. The number of fused-ring (bicyclic) bond motifs is 1. The number of β-amino-alcohol motifs (C(OH)–C–C–N with tert-alkyl or cyclic N) is 1. The minimum atomic E-state index is -0.803. The molecule has 6 heteroatoms. The number of benzene rings is 3. The third-order valence-electron chi connectivity index (χ3n) is 7.20. The van der Waals surface area contributed by atoms with Crippen LogP contribution in [0.25, 0.3) is 10.9 Å². The third kappa shape index (κ3) is 5.98. The molecule has 6 nitrogen and oxygen atoms in total. The Morgan fingerprint density at radius 2 is 1.68 bits per heavy atom. The molecule has 0 spiro atoms. The molecule has 1 fully saturated rings. The van der Waals surface area contributed by atoms with Crippen LogP contribution < -0.4 is 4.74 Å². The molecule has 1 saturated heterocycles. The molecule has 0 aliphatic carbocycles. The molecule has 37 heavy (non-hydrogen) atoms. The van der Waals surface area contributed by atoms with E-state index < -0.39 is 6.10 Å². The maximum atomic E-state index is 13.3. The van der Waals surface area contributed by atoms with Gasteiger partial charge in [-0.3, -0.25) is 14.7 Å². The summed E-state index contributed by atoms with van der Waals surface area (Å²) in [6.07, 6.45) is 2.20. The van der Waals surface area contributed by atoms with Gasteiger partial charge in [-0.25, -0.2) is 0 Å². The van der Waals surface area contributed by atoms with Gasteiger partial charge in [-0.15, -0.1) is 0 Å². The first-order valence-electron chi connectivity index (χ1n) is 12.8. The van der Waals surface area contributed by atoms with Crippen LogP contribution in [0.15, 0.2) is 91.1 Å². The quantitative estimate of drug-likeness (QED) is 0.355. The second-order valence-electron chi connectivity index (χ2n) is 9.66. The Kier molecular flexibility index (Phi) is 7.78. The molecule has 2 unspecified atom stereocenters. The zero-order valence-electron chi connectivity index (χ0n) is 21.2. The lowest BCUT2D eigenvalue weighted by atomic mass is 9.98. The van der Waals surface area contributed by atoms with Crippen LogP contribution in [-0.2, 0) is 17.9 Å². The van der Waals surface area contributed by atoms with Gasteiger partial charge in [-0.05, 0) is 47.4 Å². The van der Waals surface area contributed by atoms with Gasteiger partial charge in [-0.2, -0.15) is 0 Å². The van der Waals surface area contributed by atoms with E-state index in [2.05, 4.69) is 58.4 Å². The topological polar surface area (TPSA) is 65.9 Å². The zero-order valence-corrected chi connectivity index (χ0v) is 21.2. The summed E-state index contributed by atoms with van der Waals surface area (Å²) in [6, 6.07) is 28.4. The van der Waals surface area contributed by atoms with E-state index in [1.807, 2.05) is 36.4 Å². The van der Waals surface area contributed by atoms with Gasteiger partial charge in [-0.1, -0.05) is 60.7 Å². The first-order valence-corrected chi connectivity index (χ1v) is 12.8. The van der Waals surface area contributed by atoms with Crippen LogP contribution in [-0.4, -0.2) is 52.0 Å². The van der Waals surface area contributed by atoms with Crippen molar-refractivity contribution in [1.82, 2.24) is 14.8 Å². The number of nitrogens with zero attached hydrogens (tertiary/aromatic N) is 3. The molecule has 0 bridgehead atoms. The lowest BCUT2D eigenvalue weighted by molar-refractivity contribution is -0.137. The number of rotatable bonds is 9. The number of ether oxygens (including phenoxy) is 1. The van der Waals surface area contributed by atoms with Gasteiger partial charge < -0.3 is 14.7 Å². The monoisotopic (exact) mass is 495 g/mol. The Morgan fingerprint density at radius 3 is 2.30 bits per heavy atom. The fourth-order valence-corrected chi connectivity index (χ4v) is 5.19. The van der Waals surface area contributed by atoms with Crippen molar-refractivity contribution in [2.45, 2.75) is 38.1 Å². The molecule has 5 rings (SSSR count). The van der Waals surface area contributed by atoms with Crippen LogP contribution in [0.4, 0.5) is 0 Å². The second-order valence-corrected chi connectivity index (χ2v) is 9.66. The van der Waals surface area contributed by atoms with E-state index >= 15 is 0 Å². The Hall–Kier alpha value is -3.74. The number of aliphatic hydroxyl groups is 1. The van der Waals surface area contributed by atoms with Crippen molar-refractivity contribution in [3.8, 4) is 5.75 Å². The van der Waals surface area contributed by atoms with E-state index in [0.29, 0.717) is 18.7 Å². The smallest absolute Gasteiger partial charge is 0.224 e. The lowest BCUT2D eigenvalue weighted by Crippen LogP contribution is -2.48. The Bertz CT molecular complexity index is 1290. The SMILES string of the molecule is COc1ccc2nccc(C(O)CN3CCC(N(Cc4ccccc4)Cc4ccccc4)CC3=O)c2c1. The van der Waals surface area contributed by atoms with E-state index in [1.54, 1.807) is 18.2 Å². The largest absolute Gasteiger partial charge is 0.497 e. The first kappa shape index (κ1) is 24.9. The molecule has 0 radical (unpaired) electrons. The number of aliphatic hydroxyl groups excluding tert-OH is 1. The molecule has 190 valence electrons. The number of piperidine rings is 1. The predicted molar refractivity (Wildman–Crippen MR) is 145 cm³/mol. The lowest BCUT2D eigenvalue weighted by Gasteiger charge is -2.39. The minimum Gasteiger partial charge on any atom is -0.497 e. The molecular formula is C31H33N3O3. The number of pyridine rings is 1. The molecular weight excluding hydrogens is 462 g/mol. The van der Waals surface area contributed by atoms with Crippen molar-refractivity contribution < 1.29 is 14.6 Å². The predicted octanol–water partition coefficient (Wildman–Crippen LogP) is 4.97. The van der Waals surface area contributed by atoms with Gasteiger partial charge >= 0.3 is 0 Å². The highest BCUT2D eigenvalue weighted by atomic mass is 16.5. The van der Waals surface area contributed by atoms with Gasteiger partial charge in [0.05, 0.1) is 25.3 Å². The van der Waals surface area contributed by atoms with Gasteiger partial charge in [0.15, 0.2) is 0 Å². The number of methoxy groups -OCH3 is 1. The van der Waals surface area contributed by atoms with E-state index in [4.69, 9.17) is 4.74 Å². The summed E-state index contributed by atoms with van der Waals surface area (Å²) in [5, 5.41) is 12.0. The number of hydrogen-bond acceptors (Lipinski definition) is 5. The highest BCUT2D eigenvalue weighted by molar-refractivity contribution is 5.84. The number of aromatic nitrogens is 1. The molecule has 1 aliphatic heterocycles. The van der Waals surface area contributed by atoms with Crippen LogP contribution in [0, 0.1) is 0 Å². The Morgan fingerprint density at radius 1 is 1.00 bits per heavy atom. The van der Waals surface area contributed by atoms with Gasteiger partial charge in [0.1, 0.15) is 5.75 Å². The average Bonchev–Trinajstić information content (AvgIpc) is 2.94. The van der Waals surface area contributed by atoms with Crippen LogP contribution >= 0.6 is 0 Å². The second kappa shape index (κ2) is 11.5. The summed E-state index contributed by atoms with van der Waals surface area (Å²) in [5.41, 5.74) is 4.03. The normalized spacial score (nSPS) is 16.8. The highest BCUT2D eigenvalue weighted by Crippen LogP contribution is 2.29. The Labute approximate surface area is 218 Å². The maximum absolute atomic E-state index is 13.3. The van der Waals surface area contributed by atoms with E-state index in [1.165, 1.54) is 11.1 Å². The van der Waals surface area contributed by atoms with Crippen molar-refractivity contribution in [2.75, 3.05) is 20.2 Å². The van der Waals surface area contributed by atoms with E-state index in [9.17, 15) is 9.90 Å². The minimum absolute atomic E-state index is 0.0809. The molecule has 3 aromatic carbocycles. The van der Waals surface area contributed by atoms with Gasteiger partial charge in [0, 0.05) is 43.7 Å². The molecule has 1 aliphatic rings. The number of carbonyl (C=O) groups excluding carboxylic acids is 1. The average molecular weight is 496 g/mol. The zero-order chi connectivity index (χ0) is 25.6. The third-order valence-corrected chi connectivity index (χ3v) is 7.20. The fourth-order valence-electron chi connectivity index (χ4n) is 5.19. The number of carbonyl (C=O) groups is 1. The van der Waals surface area contributed by atoms with E-state index in [-0.39, 0.29) is 18.5 Å². The standard InChI is InChI=1S/C31H33N3O3/c1-37-26-12-13-29-28(19-26)27(14-16-32-29)30(35)22-33-17-15-25(18-31(33)36)34(20-23-8-4-2-5-9-23)21-24-10-6-3-7-11-24/h2-14,16,19,25,30,35H,15,17-18,20-22H2,1H3. The molecule has 4 aromatic rings. The van der Waals surface area contributed by atoms with Crippen molar-refractivity contribution in [3.05, 3.63) is 108 Å². The van der Waals surface area contributed by atoms with Crippen molar-refractivity contribution in [1.29, 1.82) is 0 Å². The molecule has 2 heterocycles. The van der Waals surface area contributed by atoms with Gasteiger partial charge in [0.2, 0.25) is 5.91 Å². The highest BCUT2D eigenvalue weighted by Gasteiger charge is 2.31. The summed E-state index contributed by atoms with van der Waals surface area (Å²) in [6.45, 7) is 2.47. The summed E-state index contributed by atoms with van der Waals surface area (Å²) >= 11 is 0. The van der Waals surface area contributed by atoms with Crippen LogP contribution in [0.2, 0.25) is 0 Å². The summed E-state index contributed by atoms with van der Waals surface area (Å²) in [7, 11) is 1.62. The van der Waals surface area contributed by atoms with E-state index in [0.717, 1.165) is 36.0 Å². The summed E-state index contributed by atoms with van der Waals surface area (Å²) < 4.78 is 5.36.